The molecule has 1 saturated carbocycles. The van der Waals surface area contributed by atoms with E-state index in [1.165, 1.54) is 0 Å². The van der Waals surface area contributed by atoms with Gasteiger partial charge in [0, 0.05) is 18.6 Å². The van der Waals surface area contributed by atoms with Crippen molar-refractivity contribution >= 4 is 0 Å². The third-order valence-corrected chi connectivity index (χ3v) is 2.02. The van der Waals surface area contributed by atoms with Crippen LogP contribution in [-0.2, 0) is 0 Å². The second-order valence-electron chi connectivity index (χ2n) is 2.78. The first-order valence-electron chi connectivity index (χ1n) is 3.35. The number of rotatable bonds is 1. The quantitative estimate of drug-likeness (QED) is 0.449. The zero-order valence-corrected chi connectivity index (χ0v) is 5.57. The molecule has 0 aliphatic heterocycles. The monoisotopic (exact) mass is 149 g/mol. The van der Waals surface area contributed by atoms with E-state index in [0.717, 1.165) is 0 Å². The zero-order valence-electron chi connectivity index (χ0n) is 5.57. The van der Waals surface area contributed by atoms with Crippen molar-refractivity contribution < 1.29 is 14.6 Å². The Morgan fingerprint density at radius 2 is 2.20 bits per heavy atom. The molecule has 0 spiro atoms. The molecule has 0 aromatic rings. The third-order valence-electron chi connectivity index (χ3n) is 2.02. The van der Waals surface area contributed by atoms with Crippen LogP contribution in [0, 0.1) is 5.92 Å². The van der Waals surface area contributed by atoms with E-state index in [0.29, 0.717) is 6.42 Å². The second kappa shape index (κ2) is 2.82. The van der Waals surface area contributed by atoms with Crippen LogP contribution >= 0.6 is 0 Å². The van der Waals surface area contributed by atoms with Crippen LogP contribution in [0.2, 0.25) is 0 Å². The van der Waals surface area contributed by atoms with Crippen molar-refractivity contribution in [2.45, 2.75) is 24.7 Å². The average Bonchev–Trinajstić information content (AvgIpc) is 2.17. The highest BCUT2D eigenvalue weighted by atomic mass is 19.1. The van der Waals surface area contributed by atoms with E-state index in [9.17, 15) is 4.39 Å². The highest BCUT2D eigenvalue weighted by Crippen LogP contribution is 2.27. The molecule has 10 heavy (non-hydrogen) atoms. The number of hydrogen-bond acceptors (Lipinski definition) is 3. The predicted molar refractivity (Wildman–Crippen MR) is 34.1 cm³/mol. The van der Waals surface area contributed by atoms with Crippen molar-refractivity contribution in [1.82, 2.24) is 0 Å². The van der Waals surface area contributed by atoms with E-state index in [4.69, 9.17) is 15.9 Å². The van der Waals surface area contributed by atoms with Crippen LogP contribution < -0.4 is 5.73 Å². The molecule has 0 aromatic heterocycles. The van der Waals surface area contributed by atoms with Crippen molar-refractivity contribution in [2.75, 3.05) is 6.61 Å². The van der Waals surface area contributed by atoms with Gasteiger partial charge in [-0.25, -0.2) is 4.39 Å². The van der Waals surface area contributed by atoms with Gasteiger partial charge in [-0.2, -0.15) is 0 Å². The van der Waals surface area contributed by atoms with Crippen LogP contribution in [-0.4, -0.2) is 35.1 Å². The molecule has 3 nitrogen and oxygen atoms in total. The summed E-state index contributed by atoms with van der Waals surface area (Å²) in [7, 11) is 0. The number of hydrogen-bond donors (Lipinski definition) is 3. The molecule has 0 amide bonds. The molecule has 0 aromatic carbocycles. The van der Waals surface area contributed by atoms with Gasteiger partial charge in [-0.3, -0.25) is 0 Å². The van der Waals surface area contributed by atoms with Crippen LogP contribution in [0.3, 0.4) is 0 Å². The Morgan fingerprint density at radius 3 is 2.40 bits per heavy atom. The smallest absolute Gasteiger partial charge is 0.132 e. The predicted octanol–water partition coefficient (Wildman–Crippen LogP) is -0.975. The fourth-order valence-corrected chi connectivity index (χ4v) is 1.31. The minimum atomic E-state index is -1.35. The number of halogens is 1. The van der Waals surface area contributed by atoms with Gasteiger partial charge in [0.25, 0.3) is 0 Å². The lowest BCUT2D eigenvalue weighted by Crippen LogP contribution is -2.33. The largest absolute Gasteiger partial charge is 0.396 e. The SMILES string of the molecule is N[C@@H]1C[C@H](CO)[C@@H](F)[C@H]1O. The van der Waals surface area contributed by atoms with Gasteiger partial charge < -0.3 is 15.9 Å². The van der Waals surface area contributed by atoms with E-state index >= 15 is 0 Å². The lowest BCUT2D eigenvalue weighted by atomic mass is 10.1. The Balaban J connectivity index is 2.53. The molecule has 1 rings (SSSR count). The van der Waals surface area contributed by atoms with Crippen LogP contribution in [0.5, 0.6) is 0 Å². The second-order valence-corrected chi connectivity index (χ2v) is 2.78. The summed E-state index contributed by atoms with van der Waals surface area (Å²) in [5.74, 6) is -0.468. The number of aliphatic hydroxyl groups is 2. The van der Waals surface area contributed by atoms with Crippen molar-refractivity contribution in [2.24, 2.45) is 11.7 Å². The number of nitrogens with two attached hydrogens (primary N) is 1. The molecule has 1 aliphatic carbocycles. The molecule has 1 aliphatic rings. The molecule has 0 bridgehead atoms. The fourth-order valence-electron chi connectivity index (χ4n) is 1.31. The maximum atomic E-state index is 12.7. The molecule has 0 radical (unpaired) electrons. The molecule has 4 atom stereocenters. The van der Waals surface area contributed by atoms with Gasteiger partial charge in [-0.15, -0.1) is 0 Å². The molecular weight excluding hydrogens is 137 g/mol. The zero-order chi connectivity index (χ0) is 7.72. The third kappa shape index (κ3) is 1.14. The molecule has 4 N–H and O–H groups in total. The Hall–Kier alpha value is -0.190. The first-order chi connectivity index (χ1) is 4.66. The normalized spacial score (nSPS) is 48.0. The maximum absolute atomic E-state index is 12.7. The fraction of sp³-hybridized carbons (Fsp3) is 1.00. The van der Waals surface area contributed by atoms with Crippen molar-refractivity contribution in [1.29, 1.82) is 0 Å². The van der Waals surface area contributed by atoms with E-state index < -0.39 is 24.2 Å². The van der Waals surface area contributed by atoms with Gasteiger partial charge in [-0.05, 0) is 6.42 Å². The summed E-state index contributed by atoms with van der Waals surface area (Å²) in [4.78, 5) is 0. The van der Waals surface area contributed by atoms with Gasteiger partial charge >= 0.3 is 0 Å². The van der Waals surface area contributed by atoms with E-state index in [-0.39, 0.29) is 6.61 Å². The molecule has 0 heterocycles. The van der Waals surface area contributed by atoms with Crippen LogP contribution in [0.4, 0.5) is 4.39 Å². The lowest BCUT2D eigenvalue weighted by molar-refractivity contribution is 0.0611. The van der Waals surface area contributed by atoms with Gasteiger partial charge in [0.2, 0.25) is 0 Å². The summed E-state index contributed by atoms with van der Waals surface area (Å²) in [6, 6.07) is -0.507. The van der Waals surface area contributed by atoms with Crippen LogP contribution in [0.15, 0.2) is 0 Å². The first-order valence-corrected chi connectivity index (χ1v) is 3.35. The van der Waals surface area contributed by atoms with E-state index in [1.54, 1.807) is 0 Å². The van der Waals surface area contributed by atoms with Crippen LogP contribution in [0.1, 0.15) is 6.42 Å². The van der Waals surface area contributed by atoms with Gasteiger partial charge in [-0.1, -0.05) is 0 Å². The summed E-state index contributed by atoms with van der Waals surface area (Å²) in [5, 5.41) is 17.5. The maximum Gasteiger partial charge on any atom is 0.132 e. The summed E-state index contributed by atoms with van der Waals surface area (Å²) in [6.45, 7) is -0.230. The summed E-state index contributed by atoms with van der Waals surface area (Å²) < 4.78 is 12.7. The van der Waals surface area contributed by atoms with Gasteiger partial charge in [0.05, 0.1) is 0 Å². The average molecular weight is 149 g/mol. The molecule has 1 fully saturated rings. The van der Waals surface area contributed by atoms with Crippen molar-refractivity contribution in [3.05, 3.63) is 0 Å². The Kier molecular flexibility index (Phi) is 2.23. The number of alkyl halides is 1. The van der Waals surface area contributed by atoms with Crippen LogP contribution in [0.25, 0.3) is 0 Å². The highest BCUT2D eigenvalue weighted by Gasteiger charge is 2.40. The van der Waals surface area contributed by atoms with Gasteiger partial charge in [0.15, 0.2) is 0 Å². The minimum absolute atomic E-state index is 0.230. The highest BCUT2D eigenvalue weighted by molar-refractivity contribution is 4.93. The Labute approximate surface area is 58.7 Å². The molecule has 4 heteroatoms. The lowest BCUT2D eigenvalue weighted by Gasteiger charge is -2.10. The minimum Gasteiger partial charge on any atom is -0.396 e. The Bertz CT molecular complexity index is 122. The first kappa shape index (κ1) is 7.91. The number of aliphatic hydroxyl groups excluding tert-OH is 2. The van der Waals surface area contributed by atoms with Crippen molar-refractivity contribution in [3.8, 4) is 0 Å². The summed E-state index contributed by atoms with van der Waals surface area (Å²) in [5.41, 5.74) is 5.33. The van der Waals surface area contributed by atoms with E-state index in [2.05, 4.69) is 0 Å². The topological polar surface area (TPSA) is 66.5 Å². The van der Waals surface area contributed by atoms with E-state index in [1.807, 2.05) is 0 Å². The Morgan fingerprint density at radius 1 is 1.60 bits per heavy atom. The van der Waals surface area contributed by atoms with Gasteiger partial charge in [0.1, 0.15) is 12.3 Å². The summed E-state index contributed by atoms with van der Waals surface area (Å²) >= 11 is 0. The molecule has 0 saturated heterocycles. The van der Waals surface area contributed by atoms with Crippen molar-refractivity contribution in [3.63, 3.8) is 0 Å². The molecular formula is C6H12FNO2. The summed E-state index contributed by atoms with van der Waals surface area (Å²) in [6.07, 6.45) is -2.06. The standard InChI is InChI=1S/C6H12FNO2/c7-5-3(2-9)1-4(8)6(5)10/h3-6,9-10H,1-2,8H2/t3-,4-,5-,6+/m1/s1. The molecule has 60 valence electrons. The molecule has 0 unspecified atom stereocenters.